The molecule has 1 atom stereocenters. The predicted molar refractivity (Wildman–Crippen MR) is 70.0 cm³/mol. The number of hydrogen-bond acceptors (Lipinski definition) is 4. The molecule has 0 bridgehead atoms. The first kappa shape index (κ1) is 13.5. The minimum Gasteiger partial charge on any atom is -0.465 e. The van der Waals surface area contributed by atoms with Crippen LogP contribution in [0.3, 0.4) is 0 Å². The second-order valence-electron chi connectivity index (χ2n) is 4.67. The standard InChI is InChI=1S/C14H17NO4/c1-14(8-5-9-19-14)13(17)15-11-7-4-3-6-10(11)12(16)18-2/h3-4,6-7H,5,8-9H2,1-2H3,(H,15,17). The van der Waals surface area contributed by atoms with Gasteiger partial charge in [-0.2, -0.15) is 0 Å². The van der Waals surface area contributed by atoms with E-state index in [-0.39, 0.29) is 5.91 Å². The van der Waals surface area contributed by atoms with Crippen LogP contribution in [-0.2, 0) is 14.3 Å². The number of carbonyl (C=O) groups is 2. The Balaban J connectivity index is 2.19. The molecule has 2 rings (SSSR count). The molecule has 0 aromatic heterocycles. The Morgan fingerprint density at radius 1 is 1.37 bits per heavy atom. The van der Waals surface area contributed by atoms with Crippen LogP contribution in [0.25, 0.3) is 0 Å². The number of anilines is 1. The number of nitrogens with one attached hydrogen (secondary N) is 1. The van der Waals surface area contributed by atoms with Crippen molar-refractivity contribution >= 4 is 17.6 Å². The second-order valence-corrected chi connectivity index (χ2v) is 4.67. The molecule has 1 N–H and O–H groups in total. The van der Waals surface area contributed by atoms with E-state index in [1.165, 1.54) is 7.11 Å². The summed E-state index contributed by atoms with van der Waals surface area (Å²) in [5.41, 5.74) is -0.0421. The molecule has 1 aliphatic heterocycles. The van der Waals surface area contributed by atoms with Crippen molar-refractivity contribution in [1.82, 2.24) is 0 Å². The number of hydrogen-bond donors (Lipinski definition) is 1. The molecule has 19 heavy (non-hydrogen) atoms. The van der Waals surface area contributed by atoms with E-state index >= 15 is 0 Å². The summed E-state index contributed by atoms with van der Waals surface area (Å²) in [4.78, 5) is 23.8. The average molecular weight is 263 g/mol. The minimum atomic E-state index is -0.816. The molecule has 0 spiro atoms. The van der Waals surface area contributed by atoms with Crippen molar-refractivity contribution in [2.75, 3.05) is 19.0 Å². The first-order chi connectivity index (χ1) is 9.07. The van der Waals surface area contributed by atoms with Crippen molar-refractivity contribution in [3.05, 3.63) is 29.8 Å². The largest absolute Gasteiger partial charge is 0.465 e. The number of amides is 1. The van der Waals surface area contributed by atoms with Gasteiger partial charge in [0.25, 0.3) is 5.91 Å². The van der Waals surface area contributed by atoms with Crippen molar-refractivity contribution < 1.29 is 19.1 Å². The summed E-state index contributed by atoms with van der Waals surface area (Å²) >= 11 is 0. The van der Waals surface area contributed by atoms with Crippen LogP contribution in [0.5, 0.6) is 0 Å². The molecule has 1 aromatic rings. The summed E-state index contributed by atoms with van der Waals surface area (Å²) in [6.07, 6.45) is 1.54. The van der Waals surface area contributed by atoms with Gasteiger partial charge in [-0.1, -0.05) is 12.1 Å². The SMILES string of the molecule is COC(=O)c1ccccc1NC(=O)C1(C)CCCO1. The third-order valence-corrected chi connectivity index (χ3v) is 3.28. The lowest BCUT2D eigenvalue weighted by Crippen LogP contribution is -2.39. The number of esters is 1. The average Bonchev–Trinajstić information content (AvgIpc) is 2.87. The fourth-order valence-electron chi connectivity index (χ4n) is 2.09. The van der Waals surface area contributed by atoms with Gasteiger partial charge in [-0.3, -0.25) is 4.79 Å². The lowest BCUT2D eigenvalue weighted by Gasteiger charge is -2.22. The van der Waals surface area contributed by atoms with Crippen LogP contribution in [0.1, 0.15) is 30.1 Å². The fraction of sp³-hybridized carbons (Fsp3) is 0.429. The zero-order valence-electron chi connectivity index (χ0n) is 11.1. The van der Waals surface area contributed by atoms with E-state index in [1.54, 1.807) is 31.2 Å². The fourth-order valence-corrected chi connectivity index (χ4v) is 2.09. The van der Waals surface area contributed by atoms with Gasteiger partial charge in [-0.15, -0.1) is 0 Å². The Bertz CT molecular complexity index is 492. The molecule has 5 heteroatoms. The summed E-state index contributed by atoms with van der Waals surface area (Å²) in [6.45, 7) is 2.35. The summed E-state index contributed by atoms with van der Waals surface area (Å²) in [6, 6.07) is 6.75. The van der Waals surface area contributed by atoms with Gasteiger partial charge >= 0.3 is 5.97 Å². The Kier molecular flexibility index (Phi) is 3.85. The molecule has 1 aromatic carbocycles. The van der Waals surface area contributed by atoms with Crippen LogP contribution in [0.15, 0.2) is 24.3 Å². The van der Waals surface area contributed by atoms with Gasteiger partial charge in [-0.25, -0.2) is 4.79 Å². The molecule has 5 nitrogen and oxygen atoms in total. The number of methoxy groups -OCH3 is 1. The number of para-hydroxylation sites is 1. The van der Waals surface area contributed by atoms with Crippen LogP contribution in [0, 0.1) is 0 Å². The van der Waals surface area contributed by atoms with Gasteiger partial charge in [0, 0.05) is 6.61 Å². The Hall–Kier alpha value is -1.88. The molecule has 1 aliphatic rings. The Labute approximate surface area is 111 Å². The number of ether oxygens (including phenoxy) is 2. The van der Waals surface area contributed by atoms with Crippen molar-refractivity contribution in [1.29, 1.82) is 0 Å². The van der Waals surface area contributed by atoms with E-state index < -0.39 is 11.6 Å². The minimum absolute atomic E-state index is 0.235. The van der Waals surface area contributed by atoms with E-state index in [1.807, 2.05) is 0 Å². The first-order valence-corrected chi connectivity index (χ1v) is 6.19. The van der Waals surface area contributed by atoms with Gasteiger partial charge in [0.15, 0.2) is 0 Å². The van der Waals surface area contributed by atoms with Crippen LogP contribution < -0.4 is 5.32 Å². The lowest BCUT2D eigenvalue weighted by molar-refractivity contribution is -0.133. The van der Waals surface area contributed by atoms with Crippen LogP contribution in [0.2, 0.25) is 0 Å². The Morgan fingerprint density at radius 2 is 2.11 bits per heavy atom. The van der Waals surface area contributed by atoms with E-state index in [0.717, 1.165) is 6.42 Å². The maximum Gasteiger partial charge on any atom is 0.339 e. The highest BCUT2D eigenvalue weighted by atomic mass is 16.5. The maximum atomic E-state index is 12.2. The highest BCUT2D eigenvalue weighted by Gasteiger charge is 2.38. The molecule has 1 amide bonds. The van der Waals surface area contributed by atoms with Gasteiger partial charge in [0.2, 0.25) is 0 Å². The molecule has 1 heterocycles. The first-order valence-electron chi connectivity index (χ1n) is 6.19. The normalized spacial score (nSPS) is 22.0. The molecule has 0 saturated carbocycles. The predicted octanol–water partition coefficient (Wildman–Crippen LogP) is 1.98. The highest BCUT2D eigenvalue weighted by molar-refractivity contribution is 6.03. The molecular weight excluding hydrogens is 246 g/mol. The number of benzene rings is 1. The van der Waals surface area contributed by atoms with Crippen molar-refractivity contribution in [2.24, 2.45) is 0 Å². The van der Waals surface area contributed by atoms with Crippen LogP contribution >= 0.6 is 0 Å². The van der Waals surface area contributed by atoms with Crippen molar-refractivity contribution in [3.8, 4) is 0 Å². The molecule has 1 fully saturated rings. The summed E-state index contributed by atoms with van der Waals surface area (Å²) < 4.78 is 10.2. The topological polar surface area (TPSA) is 64.6 Å². The van der Waals surface area contributed by atoms with E-state index in [9.17, 15) is 9.59 Å². The lowest BCUT2D eigenvalue weighted by atomic mass is 10.0. The third-order valence-electron chi connectivity index (χ3n) is 3.28. The van der Waals surface area contributed by atoms with E-state index in [0.29, 0.717) is 24.3 Å². The molecule has 102 valence electrons. The van der Waals surface area contributed by atoms with Crippen molar-refractivity contribution in [3.63, 3.8) is 0 Å². The summed E-state index contributed by atoms with van der Waals surface area (Å²) in [7, 11) is 1.31. The van der Waals surface area contributed by atoms with E-state index in [2.05, 4.69) is 10.1 Å². The van der Waals surface area contributed by atoms with Gasteiger partial charge in [0.05, 0.1) is 18.4 Å². The monoisotopic (exact) mass is 263 g/mol. The summed E-state index contributed by atoms with van der Waals surface area (Å²) in [5, 5.41) is 2.74. The third kappa shape index (κ3) is 2.76. The number of rotatable bonds is 3. The Morgan fingerprint density at radius 3 is 2.74 bits per heavy atom. The molecular formula is C14H17NO4. The maximum absolute atomic E-state index is 12.2. The molecule has 0 aliphatic carbocycles. The number of carbonyl (C=O) groups excluding carboxylic acids is 2. The summed E-state index contributed by atoms with van der Waals surface area (Å²) in [5.74, 6) is -0.713. The quantitative estimate of drug-likeness (QED) is 0.847. The van der Waals surface area contributed by atoms with Gasteiger partial charge in [0.1, 0.15) is 5.60 Å². The zero-order chi connectivity index (χ0) is 13.9. The van der Waals surface area contributed by atoms with Gasteiger partial charge in [-0.05, 0) is 31.9 Å². The van der Waals surface area contributed by atoms with Crippen molar-refractivity contribution in [2.45, 2.75) is 25.4 Å². The van der Waals surface area contributed by atoms with Crippen LogP contribution in [0.4, 0.5) is 5.69 Å². The molecule has 1 saturated heterocycles. The smallest absolute Gasteiger partial charge is 0.339 e. The van der Waals surface area contributed by atoms with E-state index in [4.69, 9.17) is 4.74 Å². The van der Waals surface area contributed by atoms with Crippen LogP contribution in [-0.4, -0.2) is 31.2 Å². The molecule has 1 unspecified atom stereocenters. The highest BCUT2D eigenvalue weighted by Crippen LogP contribution is 2.27. The second kappa shape index (κ2) is 5.40. The molecule has 0 radical (unpaired) electrons. The zero-order valence-corrected chi connectivity index (χ0v) is 11.1. The van der Waals surface area contributed by atoms with Gasteiger partial charge < -0.3 is 14.8 Å².